The predicted octanol–water partition coefficient (Wildman–Crippen LogP) is 2.29. The first-order chi connectivity index (χ1) is 8.31. The maximum Gasteiger partial charge on any atom is 0.0244 e. The standard InChI is InChI=1S/C15H24N2/c1-13-9-11-17(15(13)12-16)10-5-8-14-6-3-2-4-7-14/h2-4,6-7,13,15H,5,8-12,16H2,1H3. The number of aryl methyl sites for hydroxylation is 1. The summed E-state index contributed by atoms with van der Waals surface area (Å²) in [6.07, 6.45) is 3.74. The molecule has 2 nitrogen and oxygen atoms in total. The van der Waals surface area contributed by atoms with Crippen LogP contribution in [-0.4, -0.2) is 30.6 Å². The van der Waals surface area contributed by atoms with E-state index in [1.807, 2.05) is 0 Å². The number of benzene rings is 1. The first-order valence-corrected chi connectivity index (χ1v) is 6.79. The first-order valence-electron chi connectivity index (χ1n) is 6.79. The lowest BCUT2D eigenvalue weighted by atomic mass is 10.0. The first kappa shape index (κ1) is 12.6. The molecule has 1 aromatic carbocycles. The Balaban J connectivity index is 1.75. The van der Waals surface area contributed by atoms with Gasteiger partial charge in [0.2, 0.25) is 0 Å². The summed E-state index contributed by atoms with van der Waals surface area (Å²) >= 11 is 0. The molecular weight excluding hydrogens is 208 g/mol. The molecule has 1 saturated heterocycles. The Morgan fingerprint density at radius 2 is 2.06 bits per heavy atom. The van der Waals surface area contributed by atoms with Crippen molar-refractivity contribution in [3.8, 4) is 0 Å². The van der Waals surface area contributed by atoms with Crippen LogP contribution in [0.1, 0.15) is 25.3 Å². The zero-order valence-corrected chi connectivity index (χ0v) is 10.8. The number of hydrogen-bond donors (Lipinski definition) is 1. The van der Waals surface area contributed by atoms with Crippen molar-refractivity contribution in [2.75, 3.05) is 19.6 Å². The molecule has 2 heteroatoms. The Morgan fingerprint density at radius 1 is 1.29 bits per heavy atom. The normalized spacial score (nSPS) is 25.3. The van der Waals surface area contributed by atoms with E-state index in [0.717, 1.165) is 12.5 Å². The van der Waals surface area contributed by atoms with E-state index in [9.17, 15) is 0 Å². The fraction of sp³-hybridized carbons (Fsp3) is 0.600. The summed E-state index contributed by atoms with van der Waals surface area (Å²) < 4.78 is 0. The highest BCUT2D eigenvalue weighted by molar-refractivity contribution is 5.14. The average molecular weight is 232 g/mol. The van der Waals surface area contributed by atoms with E-state index in [-0.39, 0.29) is 0 Å². The molecule has 2 unspecified atom stereocenters. The largest absolute Gasteiger partial charge is 0.329 e. The van der Waals surface area contributed by atoms with Crippen LogP contribution in [0.5, 0.6) is 0 Å². The maximum absolute atomic E-state index is 5.86. The number of likely N-dealkylation sites (tertiary alicyclic amines) is 1. The molecule has 1 aliphatic heterocycles. The molecule has 0 aromatic heterocycles. The van der Waals surface area contributed by atoms with Gasteiger partial charge in [0.05, 0.1) is 0 Å². The Labute approximate surface area is 105 Å². The van der Waals surface area contributed by atoms with Gasteiger partial charge in [-0.05, 0) is 43.8 Å². The van der Waals surface area contributed by atoms with Crippen LogP contribution < -0.4 is 5.73 Å². The van der Waals surface area contributed by atoms with Crippen molar-refractivity contribution in [2.24, 2.45) is 11.7 Å². The van der Waals surface area contributed by atoms with Crippen LogP contribution in [0.15, 0.2) is 30.3 Å². The van der Waals surface area contributed by atoms with Gasteiger partial charge in [-0.1, -0.05) is 37.3 Å². The molecule has 0 bridgehead atoms. The Bertz CT molecular complexity index is 323. The number of rotatable bonds is 5. The summed E-state index contributed by atoms with van der Waals surface area (Å²) in [6, 6.07) is 11.4. The second-order valence-corrected chi connectivity index (χ2v) is 5.19. The molecule has 2 atom stereocenters. The number of hydrogen-bond acceptors (Lipinski definition) is 2. The van der Waals surface area contributed by atoms with Crippen LogP contribution in [0.4, 0.5) is 0 Å². The molecule has 94 valence electrons. The molecule has 2 rings (SSSR count). The third-order valence-corrected chi connectivity index (χ3v) is 3.99. The molecule has 1 fully saturated rings. The van der Waals surface area contributed by atoms with Crippen molar-refractivity contribution in [3.05, 3.63) is 35.9 Å². The second-order valence-electron chi connectivity index (χ2n) is 5.19. The molecular formula is C15H24N2. The van der Waals surface area contributed by atoms with E-state index < -0.39 is 0 Å². The van der Waals surface area contributed by atoms with Crippen LogP contribution in [0.25, 0.3) is 0 Å². The topological polar surface area (TPSA) is 29.3 Å². The minimum atomic E-state index is 0.616. The van der Waals surface area contributed by atoms with Gasteiger partial charge in [-0.15, -0.1) is 0 Å². The van der Waals surface area contributed by atoms with Crippen molar-refractivity contribution in [2.45, 2.75) is 32.2 Å². The van der Waals surface area contributed by atoms with Crippen LogP contribution >= 0.6 is 0 Å². The summed E-state index contributed by atoms with van der Waals surface area (Å²) in [5.41, 5.74) is 7.30. The summed E-state index contributed by atoms with van der Waals surface area (Å²) in [4.78, 5) is 2.58. The molecule has 17 heavy (non-hydrogen) atoms. The fourth-order valence-electron chi connectivity index (χ4n) is 2.88. The van der Waals surface area contributed by atoms with Crippen LogP contribution in [0.2, 0.25) is 0 Å². The third kappa shape index (κ3) is 3.30. The molecule has 0 aliphatic carbocycles. The highest BCUT2D eigenvalue weighted by Gasteiger charge is 2.28. The van der Waals surface area contributed by atoms with E-state index in [2.05, 4.69) is 42.2 Å². The highest BCUT2D eigenvalue weighted by atomic mass is 15.2. The van der Waals surface area contributed by atoms with Crippen molar-refractivity contribution in [3.63, 3.8) is 0 Å². The van der Waals surface area contributed by atoms with Gasteiger partial charge in [0.15, 0.2) is 0 Å². The lowest BCUT2D eigenvalue weighted by molar-refractivity contribution is 0.234. The third-order valence-electron chi connectivity index (χ3n) is 3.99. The Hall–Kier alpha value is -0.860. The summed E-state index contributed by atoms with van der Waals surface area (Å²) in [6.45, 7) is 5.57. The Kier molecular flexibility index (Phi) is 4.57. The summed E-state index contributed by atoms with van der Waals surface area (Å²) in [5.74, 6) is 0.775. The van der Waals surface area contributed by atoms with Gasteiger partial charge < -0.3 is 5.73 Å². The zero-order chi connectivity index (χ0) is 12.1. The molecule has 2 N–H and O–H groups in total. The lowest BCUT2D eigenvalue weighted by Gasteiger charge is -2.25. The SMILES string of the molecule is CC1CCN(CCCc2ccccc2)C1CN. The van der Waals surface area contributed by atoms with Crippen LogP contribution in [0.3, 0.4) is 0 Å². The van der Waals surface area contributed by atoms with Crippen molar-refractivity contribution >= 4 is 0 Å². The maximum atomic E-state index is 5.86. The van der Waals surface area contributed by atoms with Crippen LogP contribution in [-0.2, 0) is 6.42 Å². The van der Waals surface area contributed by atoms with Crippen molar-refractivity contribution in [1.29, 1.82) is 0 Å². The molecule has 0 amide bonds. The highest BCUT2D eigenvalue weighted by Crippen LogP contribution is 2.23. The molecule has 0 spiro atoms. The minimum absolute atomic E-state index is 0.616. The summed E-state index contributed by atoms with van der Waals surface area (Å²) in [5, 5.41) is 0. The second kappa shape index (κ2) is 6.18. The van der Waals surface area contributed by atoms with E-state index in [0.29, 0.717) is 6.04 Å². The van der Waals surface area contributed by atoms with E-state index in [1.54, 1.807) is 0 Å². The van der Waals surface area contributed by atoms with Gasteiger partial charge in [0.1, 0.15) is 0 Å². The molecule has 0 radical (unpaired) electrons. The minimum Gasteiger partial charge on any atom is -0.329 e. The van der Waals surface area contributed by atoms with Crippen molar-refractivity contribution < 1.29 is 0 Å². The van der Waals surface area contributed by atoms with E-state index in [1.165, 1.54) is 37.9 Å². The van der Waals surface area contributed by atoms with E-state index in [4.69, 9.17) is 5.73 Å². The monoisotopic (exact) mass is 232 g/mol. The smallest absolute Gasteiger partial charge is 0.0244 e. The van der Waals surface area contributed by atoms with Gasteiger partial charge in [0, 0.05) is 12.6 Å². The van der Waals surface area contributed by atoms with Crippen molar-refractivity contribution in [1.82, 2.24) is 4.90 Å². The quantitative estimate of drug-likeness (QED) is 0.844. The van der Waals surface area contributed by atoms with Gasteiger partial charge in [0.25, 0.3) is 0 Å². The molecule has 1 heterocycles. The molecule has 0 saturated carbocycles. The van der Waals surface area contributed by atoms with Gasteiger partial charge >= 0.3 is 0 Å². The number of nitrogens with two attached hydrogens (primary N) is 1. The van der Waals surface area contributed by atoms with Crippen LogP contribution in [0, 0.1) is 5.92 Å². The molecule has 1 aliphatic rings. The lowest BCUT2D eigenvalue weighted by Crippen LogP contribution is -2.38. The van der Waals surface area contributed by atoms with Gasteiger partial charge in [-0.3, -0.25) is 4.90 Å². The van der Waals surface area contributed by atoms with Gasteiger partial charge in [-0.25, -0.2) is 0 Å². The number of nitrogens with zero attached hydrogens (tertiary/aromatic N) is 1. The average Bonchev–Trinajstić information content (AvgIpc) is 2.71. The Morgan fingerprint density at radius 3 is 2.76 bits per heavy atom. The fourth-order valence-corrected chi connectivity index (χ4v) is 2.88. The van der Waals surface area contributed by atoms with Gasteiger partial charge in [-0.2, -0.15) is 0 Å². The predicted molar refractivity (Wildman–Crippen MR) is 73.0 cm³/mol. The zero-order valence-electron chi connectivity index (χ0n) is 10.8. The molecule has 1 aromatic rings. The summed E-state index contributed by atoms with van der Waals surface area (Å²) in [7, 11) is 0. The van der Waals surface area contributed by atoms with E-state index >= 15 is 0 Å².